The molecule has 0 bridgehead atoms. The van der Waals surface area contributed by atoms with Crippen molar-refractivity contribution < 1.29 is 4.79 Å². The van der Waals surface area contributed by atoms with Crippen LogP contribution in [-0.4, -0.2) is 29.1 Å². The Morgan fingerprint density at radius 1 is 1.47 bits per heavy atom. The minimum Gasteiger partial charge on any atom is -0.325 e. The molecule has 0 unspecified atom stereocenters. The van der Waals surface area contributed by atoms with E-state index in [-0.39, 0.29) is 5.91 Å². The lowest BCUT2D eigenvalue weighted by atomic mass is 10.2. The summed E-state index contributed by atoms with van der Waals surface area (Å²) in [7, 11) is 0. The van der Waals surface area contributed by atoms with Crippen molar-refractivity contribution in [1.29, 1.82) is 0 Å². The predicted molar refractivity (Wildman–Crippen MR) is 87.1 cm³/mol. The highest BCUT2D eigenvalue weighted by Crippen LogP contribution is 2.31. The van der Waals surface area contributed by atoms with Gasteiger partial charge in [0.15, 0.2) is 5.17 Å². The lowest BCUT2D eigenvalue weighted by Crippen LogP contribution is -2.24. The molecule has 0 fully saturated rings. The molecule has 1 N–H and O–H groups in total. The van der Waals surface area contributed by atoms with E-state index in [2.05, 4.69) is 37.8 Å². The van der Waals surface area contributed by atoms with Crippen LogP contribution in [0.1, 0.15) is 6.42 Å². The van der Waals surface area contributed by atoms with E-state index in [0.717, 1.165) is 33.2 Å². The number of benzene rings is 1. The summed E-state index contributed by atoms with van der Waals surface area (Å²) in [6, 6.07) is 7.78. The highest BCUT2D eigenvalue weighted by atomic mass is 127. The number of anilines is 1. The van der Waals surface area contributed by atoms with Gasteiger partial charge in [0.25, 0.3) is 0 Å². The zero-order valence-corrected chi connectivity index (χ0v) is 13.1. The monoisotopic (exact) mass is 385 g/mol. The molecule has 0 atom stereocenters. The summed E-state index contributed by atoms with van der Waals surface area (Å²) in [4.78, 5) is 18.6. The molecular weight excluding hydrogens is 373 g/mol. The van der Waals surface area contributed by atoms with Crippen LogP contribution >= 0.6 is 34.4 Å². The van der Waals surface area contributed by atoms with E-state index < -0.39 is 0 Å². The third-order valence-corrected chi connectivity index (χ3v) is 4.83. The highest BCUT2D eigenvalue weighted by molar-refractivity contribution is 14.1. The van der Waals surface area contributed by atoms with Gasteiger partial charge in [-0.2, -0.15) is 0 Å². The molecule has 98 valence electrons. The number of thioether (sulfide) groups is 1. The number of amides is 1. The van der Waals surface area contributed by atoms with Gasteiger partial charge in [-0.15, -0.1) is 0 Å². The summed E-state index contributed by atoms with van der Waals surface area (Å²) < 4.78 is 1.05. The van der Waals surface area contributed by atoms with Crippen LogP contribution in [-0.2, 0) is 4.79 Å². The molecule has 2 aliphatic rings. The first-order valence-electron chi connectivity index (χ1n) is 5.96. The van der Waals surface area contributed by atoms with Crippen LogP contribution in [0, 0.1) is 3.57 Å². The lowest BCUT2D eigenvalue weighted by molar-refractivity contribution is -0.115. The van der Waals surface area contributed by atoms with Crippen LogP contribution in [0.2, 0.25) is 0 Å². The number of para-hydroxylation sites is 1. The van der Waals surface area contributed by atoms with Crippen molar-refractivity contribution in [3.05, 3.63) is 38.9 Å². The number of aliphatic imine (C=N–C) groups is 1. The average Bonchev–Trinajstić information content (AvgIpc) is 2.97. The van der Waals surface area contributed by atoms with E-state index in [0.29, 0.717) is 6.42 Å². The van der Waals surface area contributed by atoms with E-state index in [4.69, 9.17) is 0 Å². The molecule has 1 aromatic rings. The Morgan fingerprint density at radius 3 is 3.16 bits per heavy atom. The zero-order valence-electron chi connectivity index (χ0n) is 10.1. The summed E-state index contributed by atoms with van der Waals surface area (Å²) in [6.07, 6.45) is 0.400. The summed E-state index contributed by atoms with van der Waals surface area (Å²) in [6.45, 7) is 1.72. The van der Waals surface area contributed by atoms with Crippen LogP contribution in [0.4, 0.5) is 5.69 Å². The molecule has 3 rings (SSSR count). The summed E-state index contributed by atoms with van der Waals surface area (Å²) in [5.41, 5.74) is 1.92. The number of rotatable bonds is 3. The number of nitrogens with zero attached hydrogens (tertiary/aromatic N) is 2. The molecule has 0 saturated heterocycles. The van der Waals surface area contributed by atoms with Crippen LogP contribution in [0.3, 0.4) is 0 Å². The molecule has 2 heterocycles. The standard InChI is InChI=1S/C13H12IN3OS/c14-10-3-1-2-4-11(10)16-12(18)7-9-8-19-13-15-5-6-17(9)13/h1-4,8H,5-7H2,(H,16,18). The molecule has 2 aliphatic heterocycles. The Hall–Kier alpha value is -1.02. The average molecular weight is 385 g/mol. The van der Waals surface area contributed by atoms with Gasteiger partial charge in [0.1, 0.15) is 0 Å². The van der Waals surface area contributed by atoms with E-state index in [1.807, 2.05) is 29.7 Å². The second-order valence-electron chi connectivity index (χ2n) is 4.25. The van der Waals surface area contributed by atoms with Crippen molar-refractivity contribution in [2.45, 2.75) is 6.42 Å². The normalized spacial score (nSPS) is 17.0. The molecule has 6 heteroatoms. The summed E-state index contributed by atoms with van der Waals surface area (Å²) >= 11 is 3.82. The third kappa shape index (κ3) is 2.79. The van der Waals surface area contributed by atoms with Crippen molar-refractivity contribution in [3.8, 4) is 0 Å². The fraction of sp³-hybridized carbons (Fsp3) is 0.231. The van der Waals surface area contributed by atoms with Gasteiger partial charge in [0.2, 0.25) is 5.91 Å². The molecule has 1 aromatic carbocycles. The zero-order chi connectivity index (χ0) is 13.2. The number of nitrogens with one attached hydrogen (secondary N) is 1. The van der Waals surface area contributed by atoms with E-state index in [9.17, 15) is 4.79 Å². The Morgan fingerprint density at radius 2 is 2.32 bits per heavy atom. The van der Waals surface area contributed by atoms with Gasteiger partial charge < -0.3 is 10.2 Å². The number of halogens is 1. The first kappa shape index (κ1) is 13.0. The van der Waals surface area contributed by atoms with E-state index in [1.165, 1.54) is 0 Å². The van der Waals surface area contributed by atoms with Gasteiger partial charge in [-0.3, -0.25) is 9.79 Å². The van der Waals surface area contributed by atoms with Gasteiger partial charge in [-0.05, 0) is 40.1 Å². The molecule has 1 amide bonds. The van der Waals surface area contributed by atoms with E-state index in [1.54, 1.807) is 11.8 Å². The topological polar surface area (TPSA) is 44.7 Å². The third-order valence-electron chi connectivity index (χ3n) is 2.94. The number of hydrogen-bond acceptors (Lipinski definition) is 4. The maximum atomic E-state index is 12.1. The SMILES string of the molecule is O=C(CC1=CSC2=NCCN12)Nc1ccccc1I. The van der Waals surface area contributed by atoms with Gasteiger partial charge in [0.05, 0.1) is 18.7 Å². The fourth-order valence-electron chi connectivity index (χ4n) is 2.04. The second kappa shape index (κ2) is 5.54. The number of carbonyl (C=O) groups excluding carboxylic acids is 1. The van der Waals surface area contributed by atoms with Gasteiger partial charge in [-0.25, -0.2) is 0 Å². The second-order valence-corrected chi connectivity index (χ2v) is 6.25. The molecule has 0 spiro atoms. The van der Waals surface area contributed by atoms with Crippen molar-refractivity contribution in [2.24, 2.45) is 4.99 Å². The molecule has 0 saturated carbocycles. The largest absolute Gasteiger partial charge is 0.325 e. The molecule has 0 radical (unpaired) electrons. The van der Waals surface area contributed by atoms with Crippen molar-refractivity contribution in [1.82, 2.24) is 4.90 Å². The Kier molecular flexibility index (Phi) is 3.79. The Balaban J connectivity index is 1.64. The first-order valence-corrected chi connectivity index (χ1v) is 7.92. The van der Waals surface area contributed by atoms with Gasteiger partial charge >= 0.3 is 0 Å². The highest BCUT2D eigenvalue weighted by Gasteiger charge is 2.27. The van der Waals surface area contributed by atoms with Crippen molar-refractivity contribution in [3.63, 3.8) is 0 Å². The molecule has 4 nitrogen and oxygen atoms in total. The Labute approximate surface area is 129 Å². The Bertz CT molecular complexity index is 585. The van der Waals surface area contributed by atoms with Gasteiger partial charge in [-0.1, -0.05) is 23.9 Å². The van der Waals surface area contributed by atoms with Crippen molar-refractivity contribution in [2.75, 3.05) is 18.4 Å². The van der Waals surface area contributed by atoms with Crippen LogP contribution < -0.4 is 5.32 Å². The lowest BCUT2D eigenvalue weighted by Gasteiger charge is -2.16. The van der Waals surface area contributed by atoms with Crippen LogP contribution in [0.15, 0.2) is 40.4 Å². The fourth-order valence-corrected chi connectivity index (χ4v) is 3.51. The van der Waals surface area contributed by atoms with Crippen molar-refractivity contribution >= 4 is 51.1 Å². The molecular formula is C13H12IN3OS. The smallest absolute Gasteiger partial charge is 0.230 e. The van der Waals surface area contributed by atoms with Crippen LogP contribution in [0.25, 0.3) is 0 Å². The van der Waals surface area contributed by atoms with Gasteiger partial charge in [0, 0.05) is 15.8 Å². The molecule has 19 heavy (non-hydrogen) atoms. The summed E-state index contributed by atoms with van der Waals surface area (Å²) in [5.74, 6) is 0.0177. The minimum atomic E-state index is 0.0177. The number of hydrogen-bond donors (Lipinski definition) is 1. The number of amidine groups is 1. The maximum Gasteiger partial charge on any atom is 0.230 e. The van der Waals surface area contributed by atoms with Crippen LogP contribution in [0.5, 0.6) is 0 Å². The molecule has 0 aromatic heterocycles. The number of fused-ring (bicyclic) bond motifs is 1. The first-order chi connectivity index (χ1) is 9.24. The molecule has 0 aliphatic carbocycles. The van der Waals surface area contributed by atoms with E-state index >= 15 is 0 Å². The summed E-state index contributed by atoms with van der Waals surface area (Å²) in [5, 5.41) is 6.00. The quantitative estimate of drug-likeness (QED) is 0.814. The maximum absolute atomic E-state index is 12.1. The number of carbonyl (C=O) groups is 1. The minimum absolute atomic E-state index is 0.0177. The predicted octanol–water partition coefficient (Wildman–Crippen LogP) is 2.88.